The zero-order valence-electron chi connectivity index (χ0n) is 10.9. The highest BCUT2D eigenvalue weighted by Gasteiger charge is 2.56. The molecular formula is C14H21BrN2O. The molecule has 18 heavy (non-hydrogen) atoms. The summed E-state index contributed by atoms with van der Waals surface area (Å²) in [5.41, 5.74) is 0.410. The van der Waals surface area contributed by atoms with Gasteiger partial charge in [0.05, 0.1) is 12.4 Å². The predicted molar refractivity (Wildman–Crippen MR) is 75.2 cm³/mol. The Morgan fingerprint density at radius 3 is 2.94 bits per heavy atom. The van der Waals surface area contributed by atoms with Gasteiger partial charge in [-0.05, 0) is 25.7 Å². The van der Waals surface area contributed by atoms with Crippen LogP contribution in [-0.4, -0.2) is 20.7 Å². The molecule has 0 amide bonds. The van der Waals surface area contributed by atoms with E-state index in [4.69, 9.17) is 4.74 Å². The SMILES string of the molecule is CCCn1cc(OC2CC(Br)C23CCCC3)cn1. The summed E-state index contributed by atoms with van der Waals surface area (Å²) in [6.07, 6.45) is 11.9. The summed E-state index contributed by atoms with van der Waals surface area (Å²) in [6, 6.07) is 0. The molecule has 1 heterocycles. The van der Waals surface area contributed by atoms with Gasteiger partial charge < -0.3 is 4.74 Å². The van der Waals surface area contributed by atoms with Crippen molar-refractivity contribution in [2.45, 2.75) is 62.9 Å². The molecule has 2 atom stereocenters. The maximum Gasteiger partial charge on any atom is 0.157 e. The molecule has 1 spiro atoms. The average Bonchev–Trinajstić information content (AvgIpc) is 2.99. The van der Waals surface area contributed by atoms with Crippen LogP contribution in [0.2, 0.25) is 0 Å². The largest absolute Gasteiger partial charge is 0.486 e. The highest BCUT2D eigenvalue weighted by Crippen LogP contribution is 2.57. The quantitative estimate of drug-likeness (QED) is 0.791. The van der Waals surface area contributed by atoms with Crippen LogP contribution < -0.4 is 4.74 Å². The van der Waals surface area contributed by atoms with E-state index in [1.165, 1.54) is 25.7 Å². The van der Waals surface area contributed by atoms with Crippen LogP contribution in [0.25, 0.3) is 0 Å². The number of aromatic nitrogens is 2. The molecule has 0 aliphatic heterocycles. The van der Waals surface area contributed by atoms with Gasteiger partial charge in [-0.15, -0.1) is 0 Å². The molecule has 0 aromatic carbocycles. The average molecular weight is 313 g/mol. The number of halogens is 1. The lowest BCUT2D eigenvalue weighted by Gasteiger charge is -2.51. The molecule has 0 radical (unpaired) electrons. The van der Waals surface area contributed by atoms with Crippen LogP contribution in [0.3, 0.4) is 0 Å². The van der Waals surface area contributed by atoms with Crippen molar-refractivity contribution < 1.29 is 4.74 Å². The van der Waals surface area contributed by atoms with Gasteiger partial charge in [-0.1, -0.05) is 35.7 Å². The Hall–Kier alpha value is -0.510. The topological polar surface area (TPSA) is 27.1 Å². The van der Waals surface area contributed by atoms with E-state index < -0.39 is 0 Å². The fraction of sp³-hybridized carbons (Fsp3) is 0.786. The first-order chi connectivity index (χ1) is 8.74. The zero-order valence-corrected chi connectivity index (χ0v) is 12.5. The Labute approximate surface area is 117 Å². The summed E-state index contributed by atoms with van der Waals surface area (Å²) in [5.74, 6) is 0.944. The van der Waals surface area contributed by atoms with Gasteiger partial charge in [0, 0.05) is 16.8 Å². The second-order valence-electron chi connectivity index (χ2n) is 5.69. The summed E-state index contributed by atoms with van der Waals surface area (Å²) in [6.45, 7) is 3.14. The molecule has 1 aromatic heterocycles. The Bertz CT molecular complexity index is 412. The first kappa shape index (κ1) is 12.5. The van der Waals surface area contributed by atoms with Crippen molar-refractivity contribution in [1.29, 1.82) is 0 Å². The third-order valence-electron chi connectivity index (χ3n) is 4.56. The van der Waals surface area contributed by atoms with Crippen LogP contribution in [0.4, 0.5) is 0 Å². The van der Waals surface area contributed by atoms with Gasteiger partial charge in [0.25, 0.3) is 0 Å². The van der Waals surface area contributed by atoms with E-state index in [9.17, 15) is 0 Å². The number of ether oxygens (including phenoxy) is 1. The Morgan fingerprint density at radius 1 is 1.50 bits per heavy atom. The third kappa shape index (κ3) is 1.98. The lowest BCUT2D eigenvalue weighted by molar-refractivity contribution is -0.0304. The van der Waals surface area contributed by atoms with Crippen molar-refractivity contribution in [3.63, 3.8) is 0 Å². The monoisotopic (exact) mass is 312 g/mol. The summed E-state index contributed by atoms with van der Waals surface area (Å²) in [5, 5.41) is 4.33. The normalized spacial score (nSPS) is 29.4. The lowest BCUT2D eigenvalue weighted by atomic mass is 9.64. The summed E-state index contributed by atoms with van der Waals surface area (Å²) >= 11 is 3.83. The van der Waals surface area contributed by atoms with E-state index in [0.717, 1.165) is 25.1 Å². The Morgan fingerprint density at radius 2 is 2.28 bits per heavy atom. The minimum atomic E-state index is 0.392. The van der Waals surface area contributed by atoms with E-state index in [1.807, 2.05) is 17.1 Å². The highest BCUT2D eigenvalue weighted by atomic mass is 79.9. The van der Waals surface area contributed by atoms with Crippen LogP contribution >= 0.6 is 15.9 Å². The number of nitrogens with zero attached hydrogens (tertiary/aromatic N) is 2. The molecule has 3 rings (SSSR count). The molecule has 2 aliphatic carbocycles. The highest BCUT2D eigenvalue weighted by molar-refractivity contribution is 9.09. The number of hydrogen-bond acceptors (Lipinski definition) is 2. The molecule has 2 aliphatic rings. The van der Waals surface area contributed by atoms with E-state index in [1.54, 1.807) is 0 Å². The van der Waals surface area contributed by atoms with Crippen molar-refractivity contribution in [3.8, 4) is 5.75 Å². The molecule has 1 aromatic rings. The van der Waals surface area contributed by atoms with Gasteiger partial charge in [-0.3, -0.25) is 4.68 Å². The maximum atomic E-state index is 6.17. The van der Waals surface area contributed by atoms with Crippen molar-refractivity contribution in [2.24, 2.45) is 5.41 Å². The molecule has 3 nitrogen and oxygen atoms in total. The van der Waals surface area contributed by atoms with E-state index in [0.29, 0.717) is 16.3 Å². The summed E-state index contributed by atoms with van der Waals surface area (Å²) in [7, 11) is 0. The van der Waals surface area contributed by atoms with Gasteiger partial charge in [-0.2, -0.15) is 5.10 Å². The molecule has 2 unspecified atom stereocenters. The number of rotatable bonds is 4. The molecule has 2 fully saturated rings. The van der Waals surface area contributed by atoms with E-state index >= 15 is 0 Å². The first-order valence-corrected chi connectivity index (χ1v) is 7.99. The van der Waals surface area contributed by atoms with E-state index in [-0.39, 0.29) is 0 Å². The van der Waals surface area contributed by atoms with Crippen LogP contribution in [0.15, 0.2) is 12.4 Å². The van der Waals surface area contributed by atoms with Crippen LogP contribution in [0.1, 0.15) is 45.4 Å². The van der Waals surface area contributed by atoms with Gasteiger partial charge in [-0.25, -0.2) is 0 Å². The van der Waals surface area contributed by atoms with Crippen molar-refractivity contribution in [2.75, 3.05) is 0 Å². The van der Waals surface area contributed by atoms with Crippen molar-refractivity contribution >= 4 is 15.9 Å². The molecular weight excluding hydrogens is 292 g/mol. The molecule has 2 saturated carbocycles. The fourth-order valence-corrected chi connectivity index (χ4v) is 4.55. The Kier molecular flexibility index (Phi) is 3.39. The Balaban J connectivity index is 1.65. The zero-order chi connectivity index (χ0) is 12.6. The smallest absolute Gasteiger partial charge is 0.157 e. The fourth-order valence-electron chi connectivity index (χ4n) is 3.45. The van der Waals surface area contributed by atoms with Gasteiger partial charge >= 0.3 is 0 Å². The van der Waals surface area contributed by atoms with Crippen molar-refractivity contribution in [3.05, 3.63) is 12.4 Å². The number of hydrogen-bond donors (Lipinski definition) is 0. The van der Waals surface area contributed by atoms with Gasteiger partial charge in [0.15, 0.2) is 5.75 Å². The van der Waals surface area contributed by atoms with Gasteiger partial charge in [0.2, 0.25) is 0 Å². The van der Waals surface area contributed by atoms with E-state index in [2.05, 4.69) is 28.0 Å². The maximum absolute atomic E-state index is 6.17. The molecule has 100 valence electrons. The number of aryl methyl sites for hydroxylation is 1. The summed E-state index contributed by atoms with van der Waals surface area (Å²) < 4.78 is 8.15. The van der Waals surface area contributed by atoms with Crippen LogP contribution in [0.5, 0.6) is 5.75 Å². The van der Waals surface area contributed by atoms with Crippen molar-refractivity contribution in [1.82, 2.24) is 9.78 Å². The second kappa shape index (κ2) is 4.87. The van der Waals surface area contributed by atoms with Crippen LogP contribution in [-0.2, 0) is 6.54 Å². The number of alkyl halides is 1. The van der Waals surface area contributed by atoms with Gasteiger partial charge in [0.1, 0.15) is 6.10 Å². The minimum Gasteiger partial charge on any atom is -0.486 e. The third-order valence-corrected chi connectivity index (χ3v) is 5.85. The standard InChI is InChI=1S/C14H21BrN2O/c1-2-7-17-10-11(9-16-17)18-13-8-12(15)14(13)5-3-4-6-14/h9-10,12-13H,2-8H2,1H3. The molecule has 4 heteroatoms. The second-order valence-corrected chi connectivity index (χ2v) is 6.79. The summed E-state index contributed by atoms with van der Waals surface area (Å²) in [4.78, 5) is 0.656. The first-order valence-electron chi connectivity index (χ1n) is 7.08. The minimum absolute atomic E-state index is 0.392. The lowest BCUT2D eigenvalue weighted by Crippen LogP contribution is -2.55. The predicted octanol–water partition coefficient (Wildman–Crippen LogP) is 3.77. The molecule has 0 saturated heterocycles. The van der Waals surface area contributed by atoms with Crippen LogP contribution in [0, 0.1) is 5.41 Å². The molecule has 0 N–H and O–H groups in total. The molecule has 0 bridgehead atoms.